The summed E-state index contributed by atoms with van der Waals surface area (Å²) in [5, 5.41) is 16.1. The predicted molar refractivity (Wildman–Crippen MR) is 78.3 cm³/mol. The van der Waals surface area contributed by atoms with Crippen LogP contribution >= 0.6 is 0 Å². The lowest BCUT2D eigenvalue weighted by atomic mass is 10.1. The Morgan fingerprint density at radius 3 is 2.76 bits per heavy atom. The van der Waals surface area contributed by atoms with Crippen LogP contribution in [0.2, 0.25) is 0 Å². The third-order valence-electron chi connectivity index (χ3n) is 3.91. The van der Waals surface area contributed by atoms with Crippen molar-refractivity contribution in [3.63, 3.8) is 0 Å². The number of nitrogens with zero attached hydrogens (tertiary/aromatic N) is 3. The Morgan fingerprint density at radius 1 is 1.48 bits per heavy atom. The van der Waals surface area contributed by atoms with Gasteiger partial charge in [0.1, 0.15) is 5.56 Å². The molecule has 0 spiro atoms. The largest absolute Gasteiger partial charge is 0.391 e. The number of carbonyl (C=O) groups excluding carboxylic acids is 1. The van der Waals surface area contributed by atoms with Crippen LogP contribution in [0.4, 0.5) is 0 Å². The fraction of sp³-hybridized carbons (Fsp3) is 0.643. The number of likely N-dealkylation sites (N-methyl/N-ethyl adjacent to an activating group) is 1. The van der Waals surface area contributed by atoms with Crippen molar-refractivity contribution >= 4 is 5.91 Å². The van der Waals surface area contributed by atoms with Gasteiger partial charge in [0.2, 0.25) is 0 Å². The highest BCUT2D eigenvalue weighted by Crippen LogP contribution is 2.21. The Labute approximate surface area is 123 Å². The molecule has 116 valence electrons. The molecule has 2 rings (SSSR count). The maximum atomic E-state index is 12.7. The molecule has 2 N–H and O–H groups in total. The van der Waals surface area contributed by atoms with Gasteiger partial charge in [-0.3, -0.25) is 9.59 Å². The van der Waals surface area contributed by atoms with Gasteiger partial charge in [-0.05, 0) is 39.9 Å². The standard InChI is InChI=1S/C14H22N4O3/c1-8-9(2)15-16-13(20)12(8)14(21)18-7-11(19)5-10(18)6-17(3)4/h10-11,19H,5-7H2,1-4H3,(H,16,20). The lowest BCUT2D eigenvalue weighted by Gasteiger charge is -2.27. The van der Waals surface area contributed by atoms with Crippen LogP contribution < -0.4 is 5.56 Å². The maximum Gasteiger partial charge on any atom is 0.277 e. The summed E-state index contributed by atoms with van der Waals surface area (Å²) in [6.45, 7) is 4.39. The number of carbonyl (C=O) groups is 1. The molecule has 0 saturated carbocycles. The second kappa shape index (κ2) is 5.95. The van der Waals surface area contributed by atoms with E-state index in [0.717, 1.165) is 0 Å². The van der Waals surface area contributed by atoms with Crippen LogP contribution in [0.15, 0.2) is 4.79 Å². The van der Waals surface area contributed by atoms with E-state index in [4.69, 9.17) is 0 Å². The quantitative estimate of drug-likeness (QED) is 0.786. The number of hydrogen-bond acceptors (Lipinski definition) is 5. The zero-order chi connectivity index (χ0) is 15.7. The minimum atomic E-state index is -0.541. The van der Waals surface area contributed by atoms with Gasteiger partial charge in [0.15, 0.2) is 0 Å². The highest BCUT2D eigenvalue weighted by molar-refractivity contribution is 5.95. The van der Waals surface area contributed by atoms with Crippen LogP contribution in [0.25, 0.3) is 0 Å². The van der Waals surface area contributed by atoms with Crippen LogP contribution in [0.5, 0.6) is 0 Å². The lowest BCUT2D eigenvalue weighted by Crippen LogP contribution is -2.43. The van der Waals surface area contributed by atoms with Gasteiger partial charge in [-0.2, -0.15) is 5.10 Å². The lowest BCUT2D eigenvalue weighted by molar-refractivity contribution is 0.0696. The van der Waals surface area contributed by atoms with Gasteiger partial charge >= 0.3 is 0 Å². The van der Waals surface area contributed by atoms with E-state index in [1.165, 1.54) is 0 Å². The summed E-state index contributed by atoms with van der Waals surface area (Å²) in [5.74, 6) is -0.331. The number of β-amino-alcohol motifs (C(OH)–C–C–N with tert-alkyl or cyclic N) is 1. The molecule has 1 aromatic heterocycles. The van der Waals surface area contributed by atoms with Crippen molar-refractivity contribution in [2.24, 2.45) is 0 Å². The third kappa shape index (κ3) is 3.14. The molecule has 0 bridgehead atoms. The van der Waals surface area contributed by atoms with Crippen molar-refractivity contribution in [1.29, 1.82) is 0 Å². The number of nitrogens with one attached hydrogen (secondary N) is 1. The van der Waals surface area contributed by atoms with Crippen LogP contribution in [0.3, 0.4) is 0 Å². The number of aromatic nitrogens is 2. The van der Waals surface area contributed by atoms with E-state index in [9.17, 15) is 14.7 Å². The number of amides is 1. The Kier molecular flexibility index (Phi) is 4.43. The summed E-state index contributed by atoms with van der Waals surface area (Å²) in [6, 6.07) is -0.0882. The predicted octanol–water partition coefficient (Wildman–Crippen LogP) is -0.476. The van der Waals surface area contributed by atoms with Crippen LogP contribution in [-0.4, -0.2) is 70.3 Å². The van der Waals surface area contributed by atoms with Gasteiger partial charge in [-0.25, -0.2) is 5.10 Å². The Morgan fingerprint density at radius 2 is 2.14 bits per heavy atom. The summed E-state index contributed by atoms with van der Waals surface area (Å²) in [7, 11) is 3.84. The van der Waals surface area contributed by atoms with Gasteiger partial charge in [0.05, 0.1) is 11.8 Å². The second-order valence-electron chi connectivity index (χ2n) is 5.90. The number of H-pyrrole nitrogens is 1. The van der Waals surface area contributed by atoms with E-state index in [1.54, 1.807) is 18.7 Å². The fourth-order valence-corrected chi connectivity index (χ4v) is 2.76. The molecule has 0 aliphatic carbocycles. The van der Waals surface area contributed by atoms with Crippen molar-refractivity contribution < 1.29 is 9.90 Å². The van der Waals surface area contributed by atoms with E-state index in [1.807, 2.05) is 19.0 Å². The van der Waals surface area contributed by atoms with Crippen molar-refractivity contribution in [3.05, 3.63) is 27.2 Å². The topological polar surface area (TPSA) is 89.5 Å². The van der Waals surface area contributed by atoms with Gasteiger partial charge in [-0.15, -0.1) is 0 Å². The van der Waals surface area contributed by atoms with Crippen LogP contribution in [0, 0.1) is 13.8 Å². The van der Waals surface area contributed by atoms with Gasteiger partial charge in [-0.1, -0.05) is 0 Å². The molecule has 1 fully saturated rings. The third-order valence-corrected chi connectivity index (χ3v) is 3.91. The van der Waals surface area contributed by atoms with E-state index in [-0.39, 0.29) is 24.1 Å². The first-order valence-corrected chi connectivity index (χ1v) is 7.01. The van der Waals surface area contributed by atoms with E-state index in [0.29, 0.717) is 24.2 Å². The minimum absolute atomic E-state index is 0.0882. The fourth-order valence-electron chi connectivity index (χ4n) is 2.76. The molecule has 2 atom stereocenters. The normalized spacial score (nSPS) is 22.1. The molecule has 7 nitrogen and oxygen atoms in total. The Hall–Kier alpha value is -1.73. The smallest absolute Gasteiger partial charge is 0.277 e. The van der Waals surface area contributed by atoms with E-state index < -0.39 is 11.7 Å². The van der Waals surface area contributed by atoms with Gasteiger partial charge in [0.25, 0.3) is 11.5 Å². The van der Waals surface area contributed by atoms with Crippen LogP contribution in [-0.2, 0) is 0 Å². The number of likely N-dealkylation sites (tertiary alicyclic amines) is 1. The molecule has 1 aliphatic heterocycles. The number of aryl methyl sites for hydroxylation is 1. The average molecular weight is 294 g/mol. The molecule has 1 saturated heterocycles. The van der Waals surface area contributed by atoms with Crippen molar-refractivity contribution in [1.82, 2.24) is 20.0 Å². The molecule has 7 heteroatoms. The Balaban J connectivity index is 2.35. The number of aromatic amines is 1. The molecule has 2 unspecified atom stereocenters. The van der Waals surface area contributed by atoms with Crippen molar-refractivity contribution in [3.8, 4) is 0 Å². The summed E-state index contributed by atoms with van der Waals surface area (Å²) in [4.78, 5) is 28.3. The first-order chi connectivity index (χ1) is 9.81. The molecule has 1 aromatic rings. The zero-order valence-electron chi connectivity index (χ0n) is 12.9. The van der Waals surface area contributed by atoms with E-state index >= 15 is 0 Å². The minimum Gasteiger partial charge on any atom is -0.391 e. The molecule has 21 heavy (non-hydrogen) atoms. The number of aliphatic hydroxyl groups excluding tert-OH is 1. The number of aliphatic hydroxyl groups is 1. The maximum absolute atomic E-state index is 12.7. The summed E-state index contributed by atoms with van der Waals surface area (Å²) in [5.41, 5.74) is 0.865. The molecular weight excluding hydrogens is 272 g/mol. The molecule has 1 amide bonds. The molecule has 0 radical (unpaired) electrons. The summed E-state index contributed by atoms with van der Waals surface area (Å²) >= 11 is 0. The zero-order valence-corrected chi connectivity index (χ0v) is 12.9. The Bertz CT molecular complexity index is 596. The monoisotopic (exact) mass is 294 g/mol. The van der Waals surface area contributed by atoms with Crippen LogP contribution in [0.1, 0.15) is 28.0 Å². The molecule has 2 heterocycles. The van der Waals surface area contributed by atoms with Crippen molar-refractivity contribution in [2.75, 3.05) is 27.2 Å². The first kappa shape index (κ1) is 15.7. The van der Waals surface area contributed by atoms with E-state index in [2.05, 4.69) is 10.2 Å². The number of hydrogen-bond donors (Lipinski definition) is 2. The van der Waals surface area contributed by atoms with Gasteiger partial charge < -0.3 is 14.9 Å². The number of rotatable bonds is 3. The van der Waals surface area contributed by atoms with Crippen molar-refractivity contribution in [2.45, 2.75) is 32.4 Å². The SMILES string of the molecule is Cc1n[nH]c(=O)c(C(=O)N2CC(O)CC2CN(C)C)c1C. The second-order valence-corrected chi connectivity index (χ2v) is 5.90. The molecule has 1 aliphatic rings. The average Bonchev–Trinajstić information content (AvgIpc) is 2.74. The first-order valence-electron chi connectivity index (χ1n) is 7.01. The van der Waals surface area contributed by atoms with Gasteiger partial charge in [0, 0.05) is 19.1 Å². The highest BCUT2D eigenvalue weighted by Gasteiger charge is 2.36. The molecular formula is C14H22N4O3. The highest BCUT2D eigenvalue weighted by atomic mass is 16.3. The molecule has 0 aromatic carbocycles. The summed E-state index contributed by atoms with van der Waals surface area (Å²) < 4.78 is 0. The summed E-state index contributed by atoms with van der Waals surface area (Å²) in [6.07, 6.45) is -0.00786.